The number of fused-ring (bicyclic) bond motifs is 1. The first-order valence-electron chi connectivity index (χ1n) is 7.27. The maximum atomic E-state index is 13.6. The Labute approximate surface area is 135 Å². The molecular weight excluding hydrogens is 311 g/mol. The summed E-state index contributed by atoms with van der Waals surface area (Å²) in [6.07, 6.45) is 2.45. The molecule has 1 amide bonds. The summed E-state index contributed by atoms with van der Waals surface area (Å²) in [6.45, 7) is 1.91. The molecule has 0 radical (unpaired) electrons. The fourth-order valence-corrected chi connectivity index (χ4v) is 2.79. The second-order valence-electron chi connectivity index (χ2n) is 5.35. The van der Waals surface area contributed by atoms with Crippen molar-refractivity contribution in [2.75, 3.05) is 19.9 Å². The van der Waals surface area contributed by atoms with E-state index >= 15 is 0 Å². The number of amides is 1. The average molecular weight is 331 g/mol. The lowest BCUT2D eigenvalue weighted by atomic mass is 10.1. The van der Waals surface area contributed by atoms with E-state index in [9.17, 15) is 9.18 Å². The van der Waals surface area contributed by atoms with Gasteiger partial charge in [-0.1, -0.05) is 0 Å². The molecule has 0 aromatic heterocycles. The first-order valence-corrected chi connectivity index (χ1v) is 7.27. The van der Waals surface area contributed by atoms with Crippen LogP contribution < -0.4 is 15.4 Å². The number of ether oxygens (including phenoxy) is 2. The number of hydrogen-bond acceptors (Lipinski definition) is 4. The molecular formula is C15H20ClFN2O3. The van der Waals surface area contributed by atoms with Crippen molar-refractivity contribution >= 4 is 18.3 Å². The third-order valence-electron chi connectivity index (χ3n) is 3.82. The van der Waals surface area contributed by atoms with Crippen LogP contribution in [0.15, 0.2) is 12.1 Å². The molecule has 1 aromatic carbocycles. The van der Waals surface area contributed by atoms with Crippen LogP contribution >= 0.6 is 12.4 Å². The first kappa shape index (κ1) is 17.0. The largest absolute Gasteiger partial charge is 0.467 e. The Morgan fingerprint density at radius 3 is 3.09 bits per heavy atom. The van der Waals surface area contributed by atoms with Gasteiger partial charge >= 0.3 is 0 Å². The van der Waals surface area contributed by atoms with E-state index in [1.54, 1.807) is 0 Å². The van der Waals surface area contributed by atoms with Crippen LogP contribution in [-0.2, 0) is 22.6 Å². The SMILES string of the molecule is Cl.O=C(NCCc1cc(F)cc2c1OCOC2)C1CCCN1. The quantitative estimate of drug-likeness (QED) is 0.879. The Bertz CT molecular complexity index is 536. The van der Waals surface area contributed by atoms with Gasteiger partial charge in [-0.25, -0.2) is 4.39 Å². The van der Waals surface area contributed by atoms with Gasteiger partial charge in [-0.15, -0.1) is 12.4 Å². The van der Waals surface area contributed by atoms with Gasteiger partial charge in [0.1, 0.15) is 11.6 Å². The summed E-state index contributed by atoms with van der Waals surface area (Å²) in [5.74, 6) is 0.402. The number of halogens is 2. The molecule has 0 spiro atoms. The fourth-order valence-electron chi connectivity index (χ4n) is 2.79. The number of hydrogen-bond donors (Lipinski definition) is 2. The van der Waals surface area contributed by atoms with Gasteiger partial charge in [0.2, 0.25) is 5.91 Å². The molecule has 0 bridgehead atoms. The molecule has 1 fully saturated rings. The van der Waals surface area contributed by atoms with Crippen LogP contribution in [0.5, 0.6) is 5.75 Å². The number of nitrogens with one attached hydrogen (secondary N) is 2. The van der Waals surface area contributed by atoms with Crippen molar-refractivity contribution in [1.82, 2.24) is 10.6 Å². The average Bonchev–Trinajstić information content (AvgIpc) is 3.01. The molecule has 1 atom stereocenters. The first-order chi connectivity index (χ1) is 10.2. The molecule has 3 rings (SSSR count). The third-order valence-corrected chi connectivity index (χ3v) is 3.82. The molecule has 122 valence electrons. The lowest BCUT2D eigenvalue weighted by Gasteiger charge is -2.21. The molecule has 1 saturated heterocycles. The Morgan fingerprint density at radius 1 is 1.45 bits per heavy atom. The molecule has 0 saturated carbocycles. The summed E-state index contributed by atoms with van der Waals surface area (Å²) in [4.78, 5) is 11.9. The monoisotopic (exact) mass is 330 g/mol. The van der Waals surface area contributed by atoms with E-state index in [4.69, 9.17) is 9.47 Å². The Morgan fingerprint density at radius 2 is 2.32 bits per heavy atom. The summed E-state index contributed by atoms with van der Waals surface area (Å²) in [5.41, 5.74) is 1.49. The zero-order valence-electron chi connectivity index (χ0n) is 12.2. The van der Waals surface area contributed by atoms with Gasteiger partial charge in [0.25, 0.3) is 0 Å². The van der Waals surface area contributed by atoms with Gasteiger partial charge in [0, 0.05) is 12.1 Å². The van der Waals surface area contributed by atoms with Crippen LogP contribution in [0.2, 0.25) is 0 Å². The second-order valence-corrected chi connectivity index (χ2v) is 5.35. The Balaban J connectivity index is 0.00000176. The second kappa shape index (κ2) is 7.76. The van der Waals surface area contributed by atoms with E-state index in [2.05, 4.69) is 10.6 Å². The highest BCUT2D eigenvalue weighted by molar-refractivity contribution is 5.85. The minimum atomic E-state index is -0.304. The summed E-state index contributed by atoms with van der Waals surface area (Å²) >= 11 is 0. The lowest BCUT2D eigenvalue weighted by molar-refractivity contribution is -0.122. The molecule has 5 nitrogen and oxygen atoms in total. The fraction of sp³-hybridized carbons (Fsp3) is 0.533. The van der Waals surface area contributed by atoms with Crippen molar-refractivity contribution in [1.29, 1.82) is 0 Å². The number of carbonyl (C=O) groups excluding carboxylic acids is 1. The van der Waals surface area contributed by atoms with Crippen molar-refractivity contribution in [3.63, 3.8) is 0 Å². The highest BCUT2D eigenvalue weighted by Gasteiger charge is 2.22. The third kappa shape index (κ3) is 3.88. The van der Waals surface area contributed by atoms with Crippen LogP contribution in [0.25, 0.3) is 0 Å². The predicted molar refractivity (Wildman–Crippen MR) is 81.7 cm³/mol. The molecule has 2 heterocycles. The van der Waals surface area contributed by atoms with Crippen molar-refractivity contribution < 1.29 is 18.7 Å². The number of rotatable bonds is 4. The molecule has 1 aromatic rings. The maximum absolute atomic E-state index is 13.6. The molecule has 2 aliphatic heterocycles. The van der Waals surface area contributed by atoms with Crippen LogP contribution in [-0.4, -0.2) is 31.8 Å². The van der Waals surface area contributed by atoms with Crippen molar-refractivity contribution in [2.24, 2.45) is 0 Å². The zero-order chi connectivity index (χ0) is 14.7. The molecule has 22 heavy (non-hydrogen) atoms. The summed E-state index contributed by atoms with van der Waals surface area (Å²) < 4.78 is 24.2. The summed E-state index contributed by atoms with van der Waals surface area (Å²) in [7, 11) is 0. The zero-order valence-corrected chi connectivity index (χ0v) is 13.0. The lowest BCUT2D eigenvalue weighted by Crippen LogP contribution is -2.41. The van der Waals surface area contributed by atoms with Crippen LogP contribution in [0.1, 0.15) is 24.0 Å². The van der Waals surface area contributed by atoms with Gasteiger partial charge in [-0.05, 0) is 43.5 Å². The number of carbonyl (C=O) groups is 1. The van der Waals surface area contributed by atoms with Crippen LogP contribution in [0.4, 0.5) is 4.39 Å². The molecule has 7 heteroatoms. The van der Waals surface area contributed by atoms with E-state index in [0.29, 0.717) is 25.3 Å². The summed E-state index contributed by atoms with van der Waals surface area (Å²) in [5, 5.41) is 6.04. The van der Waals surface area contributed by atoms with E-state index in [0.717, 1.165) is 30.5 Å². The Kier molecular flexibility index (Phi) is 5.99. The van der Waals surface area contributed by atoms with Gasteiger partial charge in [0.15, 0.2) is 6.79 Å². The van der Waals surface area contributed by atoms with Crippen molar-refractivity contribution in [3.05, 3.63) is 29.1 Å². The molecule has 2 N–H and O–H groups in total. The maximum Gasteiger partial charge on any atom is 0.237 e. The Hall–Kier alpha value is -1.37. The van der Waals surface area contributed by atoms with Crippen molar-refractivity contribution in [3.8, 4) is 5.75 Å². The summed E-state index contributed by atoms with van der Waals surface area (Å²) in [6, 6.07) is 2.81. The van der Waals surface area contributed by atoms with Gasteiger partial charge in [0.05, 0.1) is 12.6 Å². The minimum Gasteiger partial charge on any atom is -0.467 e. The van der Waals surface area contributed by atoms with Gasteiger partial charge in [-0.3, -0.25) is 4.79 Å². The van der Waals surface area contributed by atoms with Gasteiger partial charge < -0.3 is 20.1 Å². The molecule has 0 aliphatic carbocycles. The topological polar surface area (TPSA) is 59.6 Å². The highest BCUT2D eigenvalue weighted by Crippen LogP contribution is 2.29. The van der Waals surface area contributed by atoms with E-state index in [1.165, 1.54) is 12.1 Å². The smallest absolute Gasteiger partial charge is 0.237 e. The van der Waals surface area contributed by atoms with Crippen molar-refractivity contribution in [2.45, 2.75) is 31.9 Å². The van der Waals surface area contributed by atoms with E-state index in [1.807, 2.05) is 0 Å². The van der Waals surface area contributed by atoms with Gasteiger partial charge in [-0.2, -0.15) is 0 Å². The predicted octanol–water partition coefficient (Wildman–Crippen LogP) is 1.52. The van der Waals surface area contributed by atoms with Crippen LogP contribution in [0, 0.1) is 5.82 Å². The molecule has 2 aliphatic rings. The van der Waals surface area contributed by atoms with E-state index < -0.39 is 0 Å². The van der Waals surface area contributed by atoms with Crippen LogP contribution in [0.3, 0.4) is 0 Å². The normalized spacial score (nSPS) is 19.8. The van der Waals surface area contributed by atoms with E-state index in [-0.39, 0.29) is 37.0 Å². The molecule has 1 unspecified atom stereocenters. The minimum absolute atomic E-state index is 0. The number of benzene rings is 1. The highest BCUT2D eigenvalue weighted by atomic mass is 35.5. The standard InChI is InChI=1S/C15H19FN2O3.ClH/c16-12-6-10(14-11(7-12)8-20-9-21-14)3-5-18-15(19)13-2-1-4-17-13;/h6-7,13,17H,1-5,8-9H2,(H,18,19);1H.